The number of hydrogen-bond donors (Lipinski definition) is 2. The highest BCUT2D eigenvalue weighted by Gasteiger charge is 2.23. The van der Waals surface area contributed by atoms with Crippen molar-refractivity contribution in [2.75, 3.05) is 44.6 Å². The number of benzene rings is 1. The molecule has 30 heavy (non-hydrogen) atoms. The molecule has 8 nitrogen and oxygen atoms in total. The molecule has 0 saturated carbocycles. The van der Waals surface area contributed by atoms with Gasteiger partial charge in [-0.15, -0.1) is 0 Å². The second kappa shape index (κ2) is 9.90. The standard InChI is InChI=1S/C21H25BrN4O4/c1-14-4-3-5-16(15(14)2)24-19(27)13-25-8-10-26(11-9-25)20(28)12-23-21(29)17-6-7-18(22)30-17/h3-7H,8-13H2,1-2H3,(H,23,29)(H,24,27). The van der Waals surface area contributed by atoms with Gasteiger partial charge in [-0.05, 0) is 59.1 Å². The van der Waals surface area contributed by atoms with Gasteiger partial charge >= 0.3 is 0 Å². The fraction of sp³-hybridized carbons (Fsp3) is 0.381. The number of furan rings is 1. The Morgan fingerprint density at radius 1 is 1.07 bits per heavy atom. The van der Waals surface area contributed by atoms with Crippen LogP contribution < -0.4 is 10.6 Å². The highest BCUT2D eigenvalue weighted by molar-refractivity contribution is 9.10. The minimum absolute atomic E-state index is 0.0691. The largest absolute Gasteiger partial charge is 0.444 e. The van der Waals surface area contributed by atoms with Crippen LogP contribution in [0.1, 0.15) is 21.7 Å². The van der Waals surface area contributed by atoms with E-state index in [1.165, 1.54) is 6.07 Å². The van der Waals surface area contributed by atoms with Gasteiger partial charge in [-0.25, -0.2) is 0 Å². The lowest BCUT2D eigenvalue weighted by atomic mass is 10.1. The van der Waals surface area contributed by atoms with E-state index in [-0.39, 0.29) is 30.7 Å². The summed E-state index contributed by atoms with van der Waals surface area (Å²) in [6.07, 6.45) is 0. The fourth-order valence-corrected chi connectivity index (χ4v) is 3.53. The Hall–Kier alpha value is -2.65. The van der Waals surface area contributed by atoms with Crippen LogP contribution in [0.15, 0.2) is 39.4 Å². The van der Waals surface area contributed by atoms with Crippen molar-refractivity contribution in [2.45, 2.75) is 13.8 Å². The van der Waals surface area contributed by atoms with Crippen LogP contribution in [0.2, 0.25) is 0 Å². The lowest BCUT2D eigenvalue weighted by Gasteiger charge is -2.34. The molecule has 0 bridgehead atoms. The lowest BCUT2D eigenvalue weighted by Crippen LogP contribution is -2.52. The quantitative estimate of drug-likeness (QED) is 0.665. The van der Waals surface area contributed by atoms with Crippen LogP contribution in [0.4, 0.5) is 5.69 Å². The van der Waals surface area contributed by atoms with Gasteiger partial charge in [-0.3, -0.25) is 19.3 Å². The van der Waals surface area contributed by atoms with Gasteiger partial charge in [0.1, 0.15) is 0 Å². The van der Waals surface area contributed by atoms with Crippen LogP contribution >= 0.6 is 15.9 Å². The van der Waals surface area contributed by atoms with Crippen LogP contribution in [0.5, 0.6) is 0 Å². The normalized spacial score (nSPS) is 14.4. The maximum Gasteiger partial charge on any atom is 0.287 e. The summed E-state index contributed by atoms with van der Waals surface area (Å²) >= 11 is 3.14. The van der Waals surface area contributed by atoms with Gasteiger partial charge in [0.2, 0.25) is 11.8 Å². The Balaban J connectivity index is 1.40. The van der Waals surface area contributed by atoms with E-state index in [1.807, 2.05) is 36.9 Å². The van der Waals surface area contributed by atoms with Crippen molar-refractivity contribution in [1.29, 1.82) is 0 Å². The number of piperazine rings is 1. The Bertz CT molecular complexity index is 935. The van der Waals surface area contributed by atoms with Crippen molar-refractivity contribution < 1.29 is 18.8 Å². The highest BCUT2D eigenvalue weighted by atomic mass is 79.9. The number of carbonyl (C=O) groups is 3. The summed E-state index contributed by atoms with van der Waals surface area (Å²) in [5, 5.41) is 5.53. The smallest absolute Gasteiger partial charge is 0.287 e. The minimum Gasteiger partial charge on any atom is -0.444 e. The van der Waals surface area contributed by atoms with Gasteiger partial charge in [0.05, 0.1) is 13.1 Å². The van der Waals surface area contributed by atoms with E-state index in [9.17, 15) is 14.4 Å². The number of aryl methyl sites for hydroxylation is 1. The van der Waals surface area contributed by atoms with Crippen LogP contribution in [-0.2, 0) is 9.59 Å². The number of hydrogen-bond acceptors (Lipinski definition) is 5. The van der Waals surface area contributed by atoms with E-state index < -0.39 is 5.91 Å². The average Bonchev–Trinajstić information content (AvgIpc) is 3.16. The van der Waals surface area contributed by atoms with Crippen LogP contribution in [0.3, 0.4) is 0 Å². The van der Waals surface area contributed by atoms with Crippen molar-refractivity contribution in [3.05, 3.63) is 51.9 Å². The van der Waals surface area contributed by atoms with E-state index in [1.54, 1.807) is 11.0 Å². The predicted octanol–water partition coefficient (Wildman–Crippen LogP) is 2.17. The number of halogens is 1. The molecule has 1 saturated heterocycles. The molecule has 1 aliphatic heterocycles. The first kappa shape index (κ1) is 22.0. The van der Waals surface area contributed by atoms with E-state index in [2.05, 4.69) is 26.6 Å². The fourth-order valence-electron chi connectivity index (χ4n) is 3.23. The molecule has 0 radical (unpaired) electrons. The lowest BCUT2D eigenvalue weighted by molar-refractivity contribution is -0.132. The van der Waals surface area contributed by atoms with Gasteiger partial charge in [0, 0.05) is 31.9 Å². The Morgan fingerprint density at radius 2 is 1.80 bits per heavy atom. The Labute approximate surface area is 183 Å². The first-order valence-corrected chi connectivity index (χ1v) is 10.5. The molecule has 160 valence electrons. The van der Waals surface area contributed by atoms with Crippen molar-refractivity contribution in [3.8, 4) is 0 Å². The van der Waals surface area contributed by atoms with Crippen molar-refractivity contribution in [1.82, 2.24) is 15.1 Å². The second-order valence-electron chi connectivity index (χ2n) is 7.24. The zero-order chi connectivity index (χ0) is 21.7. The second-order valence-corrected chi connectivity index (χ2v) is 8.02. The topological polar surface area (TPSA) is 94.9 Å². The maximum absolute atomic E-state index is 12.4. The number of amides is 3. The summed E-state index contributed by atoms with van der Waals surface area (Å²) in [6.45, 7) is 6.41. The summed E-state index contributed by atoms with van der Waals surface area (Å²) in [5.74, 6) is -0.515. The molecule has 0 spiro atoms. The number of carbonyl (C=O) groups excluding carboxylic acids is 3. The molecule has 1 fully saturated rings. The number of anilines is 1. The molecule has 0 atom stereocenters. The molecule has 1 aliphatic rings. The molecule has 2 N–H and O–H groups in total. The van der Waals surface area contributed by atoms with E-state index in [0.717, 1.165) is 16.8 Å². The highest BCUT2D eigenvalue weighted by Crippen LogP contribution is 2.18. The minimum atomic E-state index is -0.434. The molecule has 0 aliphatic carbocycles. The molecule has 0 unspecified atom stereocenters. The van der Waals surface area contributed by atoms with E-state index >= 15 is 0 Å². The third-order valence-corrected chi connectivity index (χ3v) is 5.59. The molecule has 2 heterocycles. The summed E-state index contributed by atoms with van der Waals surface area (Å²) in [6, 6.07) is 8.98. The van der Waals surface area contributed by atoms with Gasteiger partial charge < -0.3 is 20.0 Å². The molecular weight excluding hydrogens is 452 g/mol. The monoisotopic (exact) mass is 476 g/mol. The van der Waals surface area contributed by atoms with Crippen molar-refractivity contribution >= 4 is 39.3 Å². The van der Waals surface area contributed by atoms with Crippen molar-refractivity contribution in [2.24, 2.45) is 0 Å². The zero-order valence-electron chi connectivity index (χ0n) is 17.0. The Kier molecular flexibility index (Phi) is 7.28. The average molecular weight is 477 g/mol. The molecule has 1 aromatic heterocycles. The molecule has 3 amide bonds. The number of rotatable bonds is 6. The first-order valence-electron chi connectivity index (χ1n) is 9.73. The van der Waals surface area contributed by atoms with Gasteiger partial charge in [-0.2, -0.15) is 0 Å². The van der Waals surface area contributed by atoms with Crippen LogP contribution in [0, 0.1) is 13.8 Å². The third-order valence-electron chi connectivity index (χ3n) is 5.17. The summed E-state index contributed by atoms with van der Waals surface area (Å²) in [7, 11) is 0. The van der Waals surface area contributed by atoms with Gasteiger partial charge in [-0.1, -0.05) is 12.1 Å². The SMILES string of the molecule is Cc1cccc(NC(=O)CN2CCN(C(=O)CNC(=O)c3ccc(Br)o3)CC2)c1C. The van der Waals surface area contributed by atoms with E-state index in [0.29, 0.717) is 30.8 Å². The first-order chi connectivity index (χ1) is 14.3. The molecule has 9 heteroatoms. The predicted molar refractivity (Wildman–Crippen MR) is 116 cm³/mol. The molecule has 2 aromatic rings. The summed E-state index contributed by atoms with van der Waals surface area (Å²) in [5.41, 5.74) is 3.02. The summed E-state index contributed by atoms with van der Waals surface area (Å²) < 4.78 is 5.62. The van der Waals surface area contributed by atoms with Gasteiger partial charge in [0.15, 0.2) is 10.4 Å². The molecular formula is C21H25BrN4O4. The zero-order valence-corrected chi connectivity index (χ0v) is 18.6. The number of nitrogens with one attached hydrogen (secondary N) is 2. The summed E-state index contributed by atoms with van der Waals surface area (Å²) in [4.78, 5) is 40.4. The van der Waals surface area contributed by atoms with Gasteiger partial charge in [0.25, 0.3) is 5.91 Å². The van der Waals surface area contributed by atoms with Crippen LogP contribution in [-0.4, -0.2) is 66.8 Å². The Morgan fingerprint density at radius 3 is 2.47 bits per heavy atom. The van der Waals surface area contributed by atoms with Crippen LogP contribution in [0.25, 0.3) is 0 Å². The molecule has 3 rings (SSSR count). The third kappa shape index (κ3) is 5.70. The maximum atomic E-state index is 12.4. The van der Waals surface area contributed by atoms with E-state index in [4.69, 9.17) is 4.42 Å². The van der Waals surface area contributed by atoms with Crippen molar-refractivity contribution in [3.63, 3.8) is 0 Å². The number of nitrogens with zero attached hydrogens (tertiary/aromatic N) is 2. The molecule has 1 aromatic carbocycles.